The van der Waals surface area contributed by atoms with Crippen molar-refractivity contribution in [3.8, 4) is 5.75 Å². The van der Waals surface area contributed by atoms with Crippen LogP contribution in [0.25, 0.3) is 0 Å². The van der Waals surface area contributed by atoms with E-state index in [4.69, 9.17) is 4.74 Å². The SMILES string of the molecule is COC(=O)C(I)CNC(=O)c1ccc(OC)c(Br)c1. The molecule has 7 heteroatoms. The van der Waals surface area contributed by atoms with Crippen molar-refractivity contribution in [2.75, 3.05) is 20.8 Å². The van der Waals surface area contributed by atoms with E-state index in [9.17, 15) is 9.59 Å². The number of alkyl halides is 1. The van der Waals surface area contributed by atoms with Crippen molar-refractivity contribution in [1.29, 1.82) is 0 Å². The molecule has 1 N–H and O–H groups in total. The maximum Gasteiger partial charge on any atom is 0.320 e. The van der Waals surface area contributed by atoms with Gasteiger partial charge in [0.25, 0.3) is 5.91 Å². The second kappa shape index (κ2) is 7.68. The van der Waals surface area contributed by atoms with Gasteiger partial charge in [-0.05, 0) is 34.1 Å². The highest BCUT2D eigenvalue weighted by atomic mass is 127. The number of esters is 1. The Bertz CT molecular complexity index is 481. The largest absolute Gasteiger partial charge is 0.496 e. The molecule has 0 saturated heterocycles. The maximum absolute atomic E-state index is 11.9. The number of carbonyl (C=O) groups is 2. The van der Waals surface area contributed by atoms with Crippen LogP contribution in [0.5, 0.6) is 5.75 Å². The number of halogens is 2. The first-order valence-corrected chi connectivity index (χ1v) is 7.37. The third kappa shape index (κ3) is 4.64. The Morgan fingerprint density at radius 2 is 2.11 bits per heavy atom. The quantitative estimate of drug-likeness (QED) is 0.432. The maximum atomic E-state index is 11.9. The van der Waals surface area contributed by atoms with E-state index < -0.39 is 3.92 Å². The van der Waals surface area contributed by atoms with E-state index in [1.807, 2.05) is 22.6 Å². The fraction of sp³-hybridized carbons (Fsp3) is 0.333. The van der Waals surface area contributed by atoms with Crippen LogP contribution >= 0.6 is 38.5 Å². The number of hydrogen-bond donors (Lipinski definition) is 1. The lowest BCUT2D eigenvalue weighted by Crippen LogP contribution is -2.33. The smallest absolute Gasteiger partial charge is 0.320 e. The van der Waals surface area contributed by atoms with E-state index in [0.29, 0.717) is 15.8 Å². The van der Waals surface area contributed by atoms with Crippen LogP contribution in [0.4, 0.5) is 0 Å². The Hall–Kier alpha value is -0.830. The lowest BCUT2D eigenvalue weighted by Gasteiger charge is -2.10. The van der Waals surface area contributed by atoms with Crippen LogP contribution in [0.1, 0.15) is 10.4 Å². The van der Waals surface area contributed by atoms with Crippen molar-refractivity contribution < 1.29 is 19.1 Å². The first-order chi connectivity index (χ1) is 8.99. The summed E-state index contributed by atoms with van der Waals surface area (Å²) in [6.07, 6.45) is 0. The lowest BCUT2D eigenvalue weighted by molar-refractivity contribution is -0.139. The van der Waals surface area contributed by atoms with Crippen LogP contribution in [0.15, 0.2) is 22.7 Å². The number of carbonyl (C=O) groups excluding carboxylic acids is 2. The molecule has 104 valence electrons. The number of nitrogens with one attached hydrogen (secondary N) is 1. The summed E-state index contributed by atoms with van der Waals surface area (Å²) in [4.78, 5) is 23.1. The van der Waals surface area contributed by atoms with Crippen LogP contribution in [0.2, 0.25) is 0 Å². The van der Waals surface area contributed by atoms with Gasteiger partial charge in [-0.2, -0.15) is 0 Å². The second-order valence-corrected chi connectivity index (χ2v) is 5.91. The molecule has 0 aliphatic carbocycles. The zero-order valence-electron chi connectivity index (χ0n) is 10.4. The molecule has 0 spiro atoms. The molecule has 1 rings (SSSR count). The minimum atomic E-state index is -0.409. The van der Waals surface area contributed by atoms with Gasteiger partial charge in [0, 0.05) is 12.1 Å². The molecule has 0 aliphatic heterocycles. The van der Waals surface area contributed by atoms with Gasteiger partial charge < -0.3 is 14.8 Å². The van der Waals surface area contributed by atoms with Crippen LogP contribution in [-0.4, -0.2) is 36.6 Å². The molecule has 0 aliphatic rings. The molecular formula is C12H13BrINO4. The van der Waals surface area contributed by atoms with Crippen LogP contribution in [-0.2, 0) is 9.53 Å². The Balaban J connectivity index is 2.64. The van der Waals surface area contributed by atoms with E-state index in [1.54, 1.807) is 25.3 Å². The molecule has 1 unspecified atom stereocenters. The van der Waals surface area contributed by atoms with Crippen molar-refractivity contribution >= 4 is 50.4 Å². The van der Waals surface area contributed by atoms with E-state index >= 15 is 0 Å². The fourth-order valence-electron chi connectivity index (χ4n) is 1.30. The molecule has 19 heavy (non-hydrogen) atoms. The fourth-order valence-corrected chi connectivity index (χ4v) is 2.32. The zero-order chi connectivity index (χ0) is 14.4. The van der Waals surface area contributed by atoms with Gasteiger partial charge in [-0.15, -0.1) is 0 Å². The topological polar surface area (TPSA) is 64.6 Å². The second-order valence-electron chi connectivity index (χ2n) is 3.55. The summed E-state index contributed by atoms with van der Waals surface area (Å²) in [6, 6.07) is 5.01. The average Bonchev–Trinajstić information content (AvgIpc) is 2.43. The first kappa shape index (κ1) is 16.2. The van der Waals surface area contributed by atoms with Crippen molar-refractivity contribution in [2.45, 2.75) is 3.92 Å². The molecule has 1 aromatic carbocycles. The van der Waals surface area contributed by atoms with Crippen LogP contribution < -0.4 is 10.1 Å². The Labute approximate surface area is 133 Å². The average molecular weight is 442 g/mol. The number of benzene rings is 1. The summed E-state index contributed by atoms with van der Waals surface area (Å²) in [5.74, 6) is 0.0311. The van der Waals surface area contributed by atoms with Crippen LogP contribution in [0, 0.1) is 0 Å². The summed E-state index contributed by atoms with van der Waals surface area (Å²) < 4.78 is 9.95. The number of hydrogen-bond acceptors (Lipinski definition) is 4. The highest BCUT2D eigenvalue weighted by Crippen LogP contribution is 2.25. The predicted octanol–water partition coefficient (Wildman–Crippen LogP) is 2.16. The molecule has 0 heterocycles. The van der Waals surface area contributed by atoms with Crippen LogP contribution in [0.3, 0.4) is 0 Å². The summed E-state index contributed by atoms with van der Waals surface area (Å²) in [6.45, 7) is 0.218. The molecule has 0 saturated carbocycles. The van der Waals surface area contributed by atoms with Gasteiger partial charge >= 0.3 is 5.97 Å². The first-order valence-electron chi connectivity index (χ1n) is 5.33. The van der Waals surface area contributed by atoms with Crippen molar-refractivity contribution in [2.24, 2.45) is 0 Å². The normalized spacial score (nSPS) is 11.6. The molecule has 0 bridgehead atoms. The van der Waals surface area contributed by atoms with Gasteiger partial charge in [0.1, 0.15) is 9.67 Å². The number of methoxy groups -OCH3 is 2. The summed E-state index contributed by atoms with van der Waals surface area (Å²) in [7, 11) is 2.87. The summed E-state index contributed by atoms with van der Waals surface area (Å²) in [5.41, 5.74) is 0.487. The lowest BCUT2D eigenvalue weighted by atomic mass is 10.2. The monoisotopic (exact) mass is 441 g/mol. The van der Waals surface area contributed by atoms with Crippen molar-refractivity contribution in [3.63, 3.8) is 0 Å². The van der Waals surface area contributed by atoms with E-state index in [0.717, 1.165) is 0 Å². The minimum absolute atomic E-state index is 0.218. The Morgan fingerprint density at radius 3 is 2.63 bits per heavy atom. The molecule has 0 aromatic heterocycles. The number of rotatable bonds is 5. The molecule has 0 radical (unpaired) electrons. The molecule has 1 amide bonds. The van der Waals surface area contributed by atoms with Crippen molar-refractivity contribution in [1.82, 2.24) is 5.32 Å². The van der Waals surface area contributed by atoms with E-state index in [1.165, 1.54) is 7.11 Å². The van der Waals surface area contributed by atoms with E-state index in [2.05, 4.69) is 26.0 Å². The zero-order valence-corrected chi connectivity index (χ0v) is 14.1. The highest BCUT2D eigenvalue weighted by molar-refractivity contribution is 14.1. The molecule has 0 fully saturated rings. The molecule has 1 aromatic rings. The Kier molecular flexibility index (Phi) is 6.56. The third-order valence-corrected chi connectivity index (χ3v) is 3.88. The van der Waals surface area contributed by atoms with Gasteiger partial charge in [-0.25, -0.2) is 0 Å². The number of amides is 1. The minimum Gasteiger partial charge on any atom is -0.496 e. The molecule has 5 nitrogen and oxygen atoms in total. The van der Waals surface area contributed by atoms with Gasteiger partial charge in [0.2, 0.25) is 0 Å². The van der Waals surface area contributed by atoms with Crippen molar-refractivity contribution in [3.05, 3.63) is 28.2 Å². The Morgan fingerprint density at radius 1 is 1.42 bits per heavy atom. The standard InChI is InChI=1S/C12H13BrINO4/c1-18-10-4-3-7(5-8(10)13)11(16)15-6-9(14)12(17)19-2/h3-5,9H,6H2,1-2H3,(H,15,16). The number of ether oxygens (including phenoxy) is 2. The van der Waals surface area contributed by atoms with Gasteiger partial charge in [-0.1, -0.05) is 22.6 Å². The highest BCUT2D eigenvalue weighted by Gasteiger charge is 2.16. The summed E-state index contributed by atoms with van der Waals surface area (Å²) >= 11 is 5.23. The summed E-state index contributed by atoms with van der Waals surface area (Å²) in [5, 5.41) is 2.67. The van der Waals surface area contributed by atoms with Gasteiger partial charge in [-0.3, -0.25) is 9.59 Å². The van der Waals surface area contributed by atoms with Gasteiger partial charge in [0.15, 0.2) is 0 Å². The van der Waals surface area contributed by atoms with Gasteiger partial charge in [0.05, 0.1) is 18.7 Å². The third-order valence-electron chi connectivity index (χ3n) is 2.31. The predicted molar refractivity (Wildman–Crippen MR) is 82.9 cm³/mol. The molecular weight excluding hydrogens is 429 g/mol. The van der Waals surface area contributed by atoms with E-state index in [-0.39, 0.29) is 18.4 Å². The molecule has 1 atom stereocenters.